The number of nitriles is 2. The van der Waals surface area contributed by atoms with E-state index in [1.165, 1.54) is 33.4 Å². The number of phenolic OH excluding ortho intramolecular Hbond substituents is 2. The maximum Gasteiger partial charge on any atom is 0.161 e. The predicted molar refractivity (Wildman–Crippen MR) is 513 cm³/mol. The van der Waals surface area contributed by atoms with E-state index in [-0.39, 0.29) is 41.2 Å². The number of fused-ring (bicyclic) bond motifs is 5. The standard InChI is InChI=1S/C22H17N3O.C21H15N3.C21H18N2O2.C21H18N2O.C20H16N2O.4CH4/c1-26-22-12-18(10-11-19(22)13-23)17-8-6-16(7-9-17)14-25-15-24-20-4-2-3-5-21(20)25;22-13-17-4-3-5-19(12-17)18-10-8-16(9-11-18)14-24-15-23-20-6-1-2-7-21(20)24;1-25-21-12-17(10-11-20(21)24)16-8-6-15(7-9-16)13-23-14-22-18-4-2-3-5-19(18)23;1-24-19-6-4-5-18(13-19)17-11-9-16(10-12-17)14-23-15-22-20-7-2-3-8-21(20)23;23-18-5-3-4-17(12-18)16-10-8-15(9-11-16)13-22-14-21-19-6-1-2-7-20(19)22;;;;/h2-12,15H,14H2,1H3;1-12,15H,14H2;2-12,14,24H,13H2,1H3;2-13,15H,14H2,1H3;1-12,14,23H,13H2;4*1H4. The Morgan fingerprint density at radius 3 is 0.865 bits per heavy atom. The van der Waals surface area contributed by atoms with Gasteiger partial charge in [-0.3, -0.25) is 0 Å². The van der Waals surface area contributed by atoms with Crippen LogP contribution in [0.2, 0.25) is 0 Å². The Morgan fingerprint density at radius 1 is 0.262 bits per heavy atom. The van der Waals surface area contributed by atoms with E-state index in [0.717, 1.165) is 144 Å². The van der Waals surface area contributed by atoms with Crippen LogP contribution in [0.4, 0.5) is 0 Å². The molecule has 0 unspecified atom stereocenters. The van der Waals surface area contributed by atoms with Gasteiger partial charge in [0.25, 0.3) is 0 Å². The maximum atomic E-state index is 9.72. The summed E-state index contributed by atoms with van der Waals surface area (Å²) >= 11 is 0. The largest absolute Gasteiger partial charge is 0.508 e. The average Bonchev–Trinajstić information content (AvgIpc) is 1.68. The molecule has 20 rings (SSSR count). The molecule has 0 aliphatic rings. The number of para-hydroxylation sites is 10. The fourth-order valence-electron chi connectivity index (χ4n) is 14.8. The summed E-state index contributed by atoms with van der Waals surface area (Å²) in [6, 6.07) is 122. The molecule has 0 spiro atoms. The number of phenols is 2. The fourth-order valence-corrected chi connectivity index (χ4v) is 14.8. The molecule has 20 aromatic rings. The number of ether oxygens (including phenoxy) is 3. The van der Waals surface area contributed by atoms with Crippen molar-refractivity contribution in [2.24, 2.45) is 0 Å². The molecule has 2 N–H and O–H groups in total. The third kappa shape index (κ3) is 21.3. The van der Waals surface area contributed by atoms with Crippen molar-refractivity contribution in [3.8, 4) is 96.5 Å². The van der Waals surface area contributed by atoms with Crippen LogP contribution < -0.4 is 14.2 Å². The Kier molecular flexibility index (Phi) is 29.8. The number of imidazole rings is 5. The van der Waals surface area contributed by atoms with Gasteiger partial charge in [0.2, 0.25) is 0 Å². The molecule has 0 radical (unpaired) electrons. The van der Waals surface area contributed by atoms with Gasteiger partial charge < -0.3 is 47.3 Å². The predicted octanol–water partition coefficient (Wildman–Crippen LogP) is 25.5. The molecule has 17 heteroatoms. The number of aromatic nitrogens is 10. The van der Waals surface area contributed by atoms with Crippen LogP contribution in [0.25, 0.3) is 111 Å². The minimum Gasteiger partial charge on any atom is -0.508 e. The summed E-state index contributed by atoms with van der Waals surface area (Å²) in [6.07, 6.45) is 9.43. The van der Waals surface area contributed by atoms with Gasteiger partial charge in [0.1, 0.15) is 23.3 Å². The van der Waals surface area contributed by atoms with Gasteiger partial charge in [-0.2, -0.15) is 10.5 Å². The molecule has 17 nitrogen and oxygen atoms in total. The molecule has 626 valence electrons. The summed E-state index contributed by atoms with van der Waals surface area (Å²) in [4.78, 5) is 22.2. The molecule has 0 saturated heterocycles. The molecule has 0 aliphatic carbocycles. The smallest absolute Gasteiger partial charge is 0.161 e. The van der Waals surface area contributed by atoms with Crippen LogP contribution in [0.1, 0.15) is 68.7 Å². The van der Waals surface area contributed by atoms with E-state index in [0.29, 0.717) is 22.6 Å². The van der Waals surface area contributed by atoms with E-state index in [1.807, 2.05) is 195 Å². The highest BCUT2D eigenvalue weighted by atomic mass is 16.5. The molecule has 0 atom stereocenters. The normalized spacial score (nSPS) is 10.5. The van der Waals surface area contributed by atoms with Gasteiger partial charge in [0.05, 0.1) is 125 Å². The van der Waals surface area contributed by atoms with Gasteiger partial charge in [-0.1, -0.05) is 260 Å². The lowest BCUT2D eigenvalue weighted by molar-refractivity contribution is 0.373. The summed E-state index contributed by atoms with van der Waals surface area (Å²) in [5, 5.41) is 37.4. The van der Waals surface area contributed by atoms with E-state index >= 15 is 0 Å². The first-order chi connectivity index (χ1) is 60.0. The van der Waals surface area contributed by atoms with Crippen LogP contribution >= 0.6 is 0 Å². The molecule has 0 saturated carbocycles. The third-order valence-electron chi connectivity index (χ3n) is 21.2. The number of aromatic hydroxyl groups is 2. The van der Waals surface area contributed by atoms with Crippen LogP contribution in [0.5, 0.6) is 28.7 Å². The summed E-state index contributed by atoms with van der Waals surface area (Å²) in [7, 11) is 4.83. The molecule has 126 heavy (non-hydrogen) atoms. The minimum atomic E-state index is 0. The minimum absolute atomic E-state index is 0. The zero-order chi connectivity index (χ0) is 83.5. The molecule has 0 fully saturated rings. The summed E-state index contributed by atoms with van der Waals surface area (Å²) in [5.74, 6) is 2.39. The van der Waals surface area contributed by atoms with Crippen molar-refractivity contribution in [1.82, 2.24) is 47.8 Å². The van der Waals surface area contributed by atoms with Crippen LogP contribution in [0.15, 0.2) is 383 Å². The van der Waals surface area contributed by atoms with Gasteiger partial charge in [0.15, 0.2) is 11.5 Å². The molecular formula is C109H100N12O5. The lowest BCUT2D eigenvalue weighted by Crippen LogP contribution is -1.97. The van der Waals surface area contributed by atoms with Crippen molar-refractivity contribution in [2.75, 3.05) is 21.3 Å². The number of nitrogens with zero attached hydrogens (tertiary/aromatic N) is 12. The number of rotatable bonds is 18. The second-order valence-corrected chi connectivity index (χ2v) is 29.2. The summed E-state index contributed by atoms with van der Waals surface area (Å²) < 4.78 is 26.6. The van der Waals surface area contributed by atoms with E-state index in [1.54, 1.807) is 45.6 Å². The van der Waals surface area contributed by atoms with Crippen LogP contribution in [-0.2, 0) is 32.7 Å². The Labute approximate surface area is 736 Å². The highest BCUT2D eigenvalue weighted by Gasteiger charge is 2.13. The van der Waals surface area contributed by atoms with Crippen molar-refractivity contribution in [2.45, 2.75) is 62.4 Å². The van der Waals surface area contributed by atoms with Crippen molar-refractivity contribution in [3.63, 3.8) is 0 Å². The van der Waals surface area contributed by atoms with Crippen molar-refractivity contribution < 1.29 is 24.4 Å². The number of benzene rings is 15. The molecule has 15 aromatic carbocycles. The van der Waals surface area contributed by atoms with E-state index in [4.69, 9.17) is 24.7 Å². The van der Waals surface area contributed by atoms with Crippen molar-refractivity contribution >= 4 is 55.2 Å². The number of hydrogen-bond donors (Lipinski definition) is 2. The fraction of sp³-hybridized carbons (Fsp3) is 0.110. The molecule has 0 aliphatic heterocycles. The Morgan fingerprint density at radius 2 is 0.548 bits per heavy atom. The second-order valence-electron chi connectivity index (χ2n) is 29.2. The van der Waals surface area contributed by atoms with E-state index < -0.39 is 0 Å². The zero-order valence-electron chi connectivity index (χ0n) is 67.4. The van der Waals surface area contributed by atoms with Crippen LogP contribution in [-0.4, -0.2) is 79.3 Å². The topological polar surface area (TPSA) is 205 Å². The quantitative estimate of drug-likeness (QED) is 0.0823. The first-order valence-electron chi connectivity index (χ1n) is 39.8. The lowest BCUT2D eigenvalue weighted by atomic mass is 10.0. The van der Waals surface area contributed by atoms with Gasteiger partial charge in [-0.15, -0.1) is 0 Å². The number of hydrogen-bond acceptors (Lipinski definition) is 12. The van der Waals surface area contributed by atoms with Crippen molar-refractivity contribution in [1.29, 1.82) is 10.5 Å². The van der Waals surface area contributed by atoms with Gasteiger partial charge in [-0.05, 0) is 205 Å². The van der Waals surface area contributed by atoms with Gasteiger partial charge in [-0.25, -0.2) is 24.9 Å². The zero-order valence-corrected chi connectivity index (χ0v) is 67.4. The first-order valence-corrected chi connectivity index (χ1v) is 39.8. The van der Waals surface area contributed by atoms with E-state index in [9.17, 15) is 10.2 Å². The average molecular weight is 1660 g/mol. The van der Waals surface area contributed by atoms with Gasteiger partial charge in [0, 0.05) is 32.7 Å². The first kappa shape index (κ1) is 88.9. The summed E-state index contributed by atoms with van der Waals surface area (Å²) in [5.41, 5.74) is 29.0. The third-order valence-corrected chi connectivity index (χ3v) is 21.2. The summed E-state index contributed by atoms with van der Waals surface area (Å²) in [6.45, 7) is 3.95. The second kappa shape index (κ2) is 42.2. The molecule has 0 bridgehead atoms. The molecule has 0 amide bonds. The van der Waals surface area contributed by atoms with Gasteiger partial charge >= 0.3 is 0 Å². The maximum absolute atomic E-state index is 9.72. The molecular weight excluding hydrogens is 1560 g/mol. The molecule has 5 aromatic heterocycles. The lowest BCUT2D eigenvalue weighted by Gasteiger charge is -2.09. The van der Waals surface area contributed by atoms with Crippen LogP contribution in [0, 0.1) is 22.7 Å². The Hall–Kier alpha value is -16.4. The SMILES string of the molecule is C.C.C.C.COc1cc(-c2ccc(Cn3cnc4ccccc43)cc2)ccc1C#N.COc1cc(-c2ccc(Cn3cnc4ccccc43)cc2)ccc1O.COc1cccc(-c2ccc(Cn3cnc4ccccc43)cc2)c1.N#Cc1cccc(-c2ccc(Cn3cnc4ccccc43)cc2)c1.Oc1cccc(-c2ccc(Cn3cnc4ccccc43)cc2)c1. The highest BCUT2D eigenvalue weighted by Crippen LogP contribution is 2.34. The van der Waals surface area contributed by atoms with Crippen LogP contribution in [0.3, 0.4) is 0 Å². The Balaban J connectivity index is 0.000000142. The van der Waals surface area contributed by atoms with Crippen molar-refractivity contribution in [3.05, 3.63) is 422 Å². The highest BCUT2D eigenvalue weighted by molar-refractivity contribution is 5.80. The monoisotopic (exact) mass is 1660 g/mol. The van der Waals surface area contributed by atoms with E-state index in [2.05, 4.69) is 224 Å². The molecule has 5 heterocycles. The number of methoxy groups -OCH3 is 3. The Bertz CT molecular complexity index is 7050.